The van der Waals surface area contributed by atoms with Crippen molar-refractivity contribution in [3.8, 4) is 5.75 Å². The van der Waals surface area contributed by atoms with Crippen LogP contribution in [-0.4, -0.2) is 39.3 Å². The van der Waals surface area contributed by atoms with Gasteiger partial charge in [-0.2, -0.15) is 0 Å². The molecule has 0 bridgehead atoms. The monoisotopic (exact) mass is 366 g/mol. The van der Waals surface area contributed by atoms with E-state index in [4.69, 9.17) is 4.74 Å². The normalized spacial score (nSPS) is 11.4. The summed E-state index contributed by atoms with van der Waals surface area (Å²) in [5, 5.41) is 2.55. The molecule has 1 amide bonds. The highest BCUT2D eigenvalue weighted by Crippen LogP contribution is 2.22. The third-order valence-corrected chi connectivity index (χ3v) is 5.21. The first-order chi connectivity index (χ1) is 11.8. The Balaban J connectivity index is 2.15. The Bertz CT molecular complexity index is 865. The average molecular weight is 366 g/mol. The summed E-state index contributed by atoms with van der Waals surface area (Å²) in [5.41, 5.74) is 0.531. The first-order valence-corrected chi connectivity index (χ1v) is 8.96. The maximum atomic E-state index is 13.8. The van der Waals surface area contributed by atoms with E-state index in [0.717, 1.165) is 10.4 Å². The van der Waals surface area contributed by atoms with Crippen LogP contribution in [0.1, 0.15) is 17.3 Å². The molecule has 0 radical (unpaired) electrons. The van der Waals surface area contributed by atoms with Gasteiger partial charge in [0, 0.05) is 31.4 Å². The number of rotatable bonds is 6. The van der Waals surface area contributed by atoms with Crippen LogP contribution < -0.4 is 10.1 Å². The summed E-state index contributed by atoms with van der Waals surface area (Å²) in [4.78, 5) is 12.3. The van der Waals surface area contributed by atoms with Gasteiger partial charge in [-0.15, -0.1) is 0 Å². The highest BCUT2D eigenvalue weighted by Gasteiger charge is 2.17. The summed E-state index contributed by atoms with van der Waals surface area (Å²) >= 11 is 0. The Labute approximate surface area is 146 Å². The molecule has 0 aliphatic heterocycles. The van der Waals surface area contributed by atoms with Gasteiger partial charge in [0.05, 0.1) is 11.5 Å². The van der Waals surface area contributed by atoms with E-state index in [9.17, 15) is 17.6 Å². The van der Waals surface area contributed by atoms with Crippen LogP contribution in [0.3, 0.4) is 0 Å². The zero-order chi connectivity index (χ0) is 18.6. The summed E-state index contributed by atoms with van der Waals surface area (Å²) < 4.78 is 44.0. The van der Waals surface area contributed by atoms with Crippen molar-refractivity contribution in [2.45, 2.75) is 11.8 Å². The van der Waals surface area contributed by atoms with Crippen molar-refractivity contribution in [1.29, 1.82) is 0 Å². The van der Waals surface area contributed by atoms with E-state index in [2.05, 4.69) is 5.32 Å². The number of hydrogen-bond acceptors (Lipinski definition) is 4. The van der Waals surface area contributed by atoms with Crippen molar-refractivity contribution in [3.63, 3.8) is 0 Å². The molecule has 0 atom stereocenters. The van der Waals surface area contributed by atoms with E-state index in [1.807, 2.05) is 0 Å². The van der Waals surface area contributed by atoms with Gasteiger partial charge in [0.15, 0.2) is 11.6 Å². The molecule has 0 fully saturated rings. The van der Waals surface area contributed by atoms with Crippen LogP contribution in [0, 0.1) is 5.82 Å². The van der Waals surface area contributed by atoms with Crippen molar-refractivity contribution in [3.05, 3.63) is 53.8 Å². The lowest BCUT2D eigenvalue weighted by molar-refractivity contribution is 0.102. The maximum Gasteiger partial charge on any atom is 0.255 e. The minimum atomic E-state index is -3.56. The molecule has 6 nitrogen and oxygen atoms in total. The third-order valence-electron chi connectivity index (χ3n) is 3.38. The predicted molar refractivity (Wildman–Crippen MR) is 92.8 cm³/mol. The number of anilines is 1. The SMILES string of the molecule is CCOc1ccc(NC(=O)c2ccc(S(=O)(=O)N(C)C)cc2)cc1F. The second-order valence-corrected chi connectivity index (χ2v) is 7.50. The van der Waals surface area contributed by atoms with Crippen LogP contribution in [0.5, 0.6) is 5.75 Å². The van der Waals surface area contributed by atoms with E-state index in [1.165, 1.54) is 50.5 Å². The lowest BCUT2D eigenvalue weighted by Crippen LogP contribution is -2.22. The summed E-state index contributed by atoms with van der Waals surface area (Å²) in [6.07, 6.45) is 0. The molecule has 0 aromatic heterocycles. The number of amides is 1. The number of hydrogen-bond donors (Lipinski definition) is 1. The molecular weight excluding hydrogens is 347 g/mol. The molecule has 0 saturated heterocycles. The van der Waals surface area contributed by atoms with Gasteiger partial charge in [0.2, 0.25) is 10.0 Å². The van der Waals surface area contributed by atoms with Crippen LogP contribution in [0.4, 0.5) is 10.1 Å². The number of sulfonamides is 1. The van der Waals surface area contributed by atoms with E-state index < -0.39 is 21.7 Å². The molecular formula is C17H19FN2O4S. The van der Waals surface area contributed by atoms with Gasteiger partial charge in [-0.3, -0.25) is 4.79 Å². The Morgan fingerprint density at radius 1 is 1.16 bits per heavy atom. The van der Waals surface area contributed by atoms with Crippen LogP contribution in [-0.2, 0) is 10.0 Å². The number of nitrogens with one attached hydrogen (secondary N) is 1. The van der Waals surface area contributed by atoms with Gasteiger partial charge in [0.1, 0.15) is 0 Å². The van der Waals surface area contributed by atoms with Crippen molar-refractivity contribution >= 4 is 21.6 Å². The number of nitrogens with zero attached hydrogens (tertiary/aromatic N) is 1. The van der Waals surface area contributed by atoms with Crippen LogP contribution in [0.25, 0.3) is 0 Å². The number of halogens is 1. The van der Waals surface area contributed by atoms with Crippen molar-refractivity contribution in [2.75, 3.05) is 26.0 Å². The highest BCUT2D eigenvalue weighted by molar-refractivity contribution is 7.89. The van der Waals surface area contributed by atoms with Gasteiger partial charge in [-0.25, -0.2) is 17.1 Å². The van der Waals surface area contributed by atoms with Crippen LogP contribution >= 0.6 is 0 Å². The first-order valence-electron chi connectivity index (χ1n) is 7.52. The van der Waals surface area contributed by atoms with Crippen LogP contribution in [0.15, 0.2) is 47.4 Å². The molecule has 2 aromatic rings. The summed E-state index contributed by atoms with van der Waals surface area (Å²) in [6, 6.07) is 9.62. The summed E-state index contributed by atoms with van der Waals surface area (Å²) in [5.74, 6) is -0.942. The van der Waals surface area contributed by atoms with Gasteiger partial charge in [-0.05, 0) is 43.3 Å². The molecule has 0 unspecified atom stereocenters. The first kappa shape index (κ1) is 18.9. The van der Waals surface area contributed by atoms with E-state index >= 15 is 0 Å². The highest BCUT2D eigenvalue weighted by atomic mass is 32.2. The molecule has 0 saturated carbocycles. The standard InChI is InChI=1S/C17H19FN2O4S/c1-4-24-16-10-7-13(11-15(16)18)19-17(21)12-5-8-14(9-6-12)25(22,23)20(2)3/h5-11H,4H2,1-3H3,(H,19,21). The second kappa shape index (κ2) is 7.62. The fraction of sp³-hybridized carbons (Fsp3) is 0.235. The fourth-order valence-corrected chi connectivity index (χ4v) is 2.95. The lowest BCUT2D eigenvalue weighted by Gasteiger charge is -2.12. The summed E-state index contributed by atoms with van der Waals surface area (Å²) in [6.45, 7) is 2.08. The van der Waals surface area contributed by atoms with Gasteiger partial charge in [0.25, 0.3) is 5.91 Å². The van der Waals surface area contributed by atoms with E-state index in [1.54, 1.807) is 6.92 Å². The number of carbonyl (C=O) groups is 1. The molecule has 25 heavy (non-hydrogen) atoms. The minimum Gasteiger partial charge on any atom is -0.491 e. The maximum absolute atomic E-state index is 13.8. The van der Waals surface area contributed by atoms with Crippen molar-refractivity contribution in [1.82, 2.24) is 4.31 Å². The summed E-state index contributed by atoms with van der Waals surface area (Å²) in [7, 11) is -0.702. The van der Waals surface area contributed by atoms with E-state index in [-0.39, 0.29) is 21.9 Å². The largest absolute Gasteiger partial charge is 0.491 e. The Morgan fingerprint density at radius 3 is 2.32 bits per heavy atom. The zero-order valence-corrected chi connectivity index (χ0v) is 14.9. The number of ether oxygens (including phenoxy) is 1. The Morgan fingerprint density at radius 2 is 1.80 bits per heavy atom. The number of benzene rings is 2. The van der Waals surface area contributed by atoms with Crippen LogP contribution in [0.2, 0.25) is 0 Å². The molecule has 134 valence electrons. The van der Waals surface area contributed by atoms with Gasteiger partial charge < -0.3 is 10.1 Å². The number of carbonyl (C=O) groups excluding carboxylic acids is 1. The molecule has 2 aromatic carbocycles. The predicted octanol–water partition coefficient (Wildman–Crippen LogP) is 2.73. The fourth-order valence-electron chi connectivity index (χ4n) is 2.04. The molecule has 0 spiro atoms. The zero-order valence-electron chi connectivity index (χ0n) is 14.1. The minimum absolute atomic E-state index is 0.0844. The topological polar surface area (TPSA) is 75.7 Å². The van der Waals surface area contributed by atoms with Gasteiger partial charge >= 0.3 is 0 Å². The van der Waals surface area contributed by atoms with Crippen molar-refractivity contribution in [2.24, 2.45) is 0 Å². The Hall–Kier alpha value is -2.45. The van der Waals surface area contributed by atoms with Gasteiger partial charge in [-0.1, -0.05) is 0 Å². The lowest BCUT2D eigenvalue weighted by atomic mass is 10.2. The molecule has 0 aliphatic rings. The smallest absolute Gasteiger partial charge is 0.255 e. The molecule has 2 rings (SSSR count). The second-order valence-electron chi connectivity index (χ2n) is 5.34. The van der Waals surface area contributed by atoms with Crippen molar-refractivity contribution < 1.29 is 22.3 Å². The molecule has 0 aliphatic carbocycles. The molecule has 8 heteroatoms. The van der Waals surface area contributed by atoms with E-state index in [0.29, 0.717) is 6.61 Å². The molecule has 0 heterocycles. The third kappa shape index (κ3) is 4.34. The molecule has 1 N–H and O–H groups in total. The quantitative estimate of drug-likeness (QED) is 0.853. The average Bonchev–Trinajstić information content (AvgIpc) is 2.57. The Kier molecular flexibility index (Phi) is 5.76.